The summed E-state index contributed by atoms with van der Waals surface area (Å²) in [5, 5.41) is 13.0. The van der Waals surface area contributed by atoms with Crippen LogP contribution in [0.4, 0.5) is 5.69 Å². The van der Waals surface area contributed by atoms with Crippen molar-refractivity contribution in [2.24, 2.45) is 5.92 Å². The van der Waals surface area contributed by atoms with Crippen LogP contribution in [-0.2, 0) is 22.6 Å². The Labute approximate surface area is 225 Å². The zero-order chi connectivity index (χ0) is 26.2. The number of nitrogens with zero attached hydrogens (tertiary/aromatic N) is 3. The molecule has 37 heavy (non-hydrogen) atoms. The summed E-state index contributed by atoms with van der Waals surface area (Å²) in [6, 6.07) is 16.2. The summed E-state index contributed by atoms with van der Waals surface area (Å²) < 4.78 is 8.28. The highest BCUT2D eigenvalue weighted by Crippen LogP contribution is 2.40. The second kappa shape index (κ2) is 13.2. The molecular weight excluding hydrogens is 484 g/mol. The molecule has 0 spiro atoms. The van der Waals surface area contributed by atoms with Crippen molar-refractivity contribution in [2.75, 3.05) is 11.9 Å². The molecule has 0 bridgehead atoms. The van der Waals surface area contributed by atoms with Gasteiger partial charge in [-0.05, 0) is 68.2 Å². The third kappa shape index (κ3) is 7.89. The molecule has 0 aliphatic heterocycles. The minimum Gasteiger partial charge on any atom is -0.377 e. The van der Waals surface area contributed by atoms with E-state index in [1.165, 1.54) is 5.56 Å². The van der Waals surface area contributed by atoms with Gasteiger partial charge >= 0.3 is 0 Å². The molecular formula is C30H39ClN4O2. The molecule has 4 rings (SSSR count). The van der Waals surface area contributed by atoms with Gasteiger partial charge in [-0.15, -0.1) is 10.2 Å². The quantitative estimate of drug-likeness (QED) is 0.226. The number of hydrogen-bond acceptors (Lipinski definition) is 4. The van der Waals surface area contributed by atoms with Crippen molar-refractivity contribution >= 4 is 23.2 Å². The van der Waals surface area contributed by atoms with E-state index >= 15 is 0 Å². The van der Waals surface area contributed by atoms with Gasteiger partial charge < -0.3 is 14.6 Å². The smallest absolute Gasteiger partial charge is 0.225 e. The monoisotopic (exact) mass is 522 g/mol. The Kier molecular flexibility index (Phi) is 9.75. The van der Waals surface area contributed by atoms with Crippen LogP contribution in [0.1, 0.15) is 87.1 Å². The fraction of sp³-hybridized carbons (Fsp3) is 0.500. The van der Waals surface area contributed by atoms with Gasteiger partial charge in [-0.2, -0.15) is 0 Å². The van der Waals surface area contributed by atoms with Gasteiger partial charge in [0, 0.05) is 42.1 Å². The number of aryl methyl sites for hydroxylation is 1. The molecule has 1 unspecified atom stereocenters. The van der Waals surface area contributed by atoms with Crippen LogP contribution in [0.5, 0.6) is 0 Å². The minimum absolute atomic E-state index is 0.0271. The van der Waals surface area contributed by atoms with E-state index in [-0.39, 0.29) is 11.8 Å². The third-order valence-electron chi connectivity index (χ3n) is 6.94. The number of benzene rings is 2. The summed E-state index contributed by atoms with van der Waals surface area (Å²) in [5.74, 6) is 2.55. The second-order valence-corrected chi connectivity index (χ2v) is 11.0. The maximum atomic E-state index is 13.2. The Morgan fingerprint density at radius 3 is 2.62 bits per heavy atom. The molecule has 1 fully saturated rings. The van der Waals surface area contributed by atoms with E-state index in [1.54, 1.807) is 0 Å². The summed E-state index contributed by atoms with van der Waals surface area (Å²) in [6.07, 6.45) is 6.31. The lowest BCUT2D eigenvalue weighted by Gasteiger charge is -2.19. The third-order valence-corrected chi connectivity index (χ3v) is 7.35. The predicted molar refractivity (Wildman–Crippen MR) is 149 cm³/mol. The van der Waals surface area contributed by atoms with Crippen LogP contribution in [0, 0.1) is 12.8 Å². The largest absolute Gasteiger partial charge is 0.377 e. The highest BCUT2D eigenvalue weighted by Gasteiger charge is 2.32. The molecule has 7 heteroatoms. The highest BCUT2D eigenvalue weighted by atomic mass is 35.5. The Hall–Kier alpha value is -2.70. The van der Waals surface area contributed by atoms with Crippen LogP contribution in [0.2, 0.25) is 5.02 Å². The fourth-order valence-corrected chi connectivity index (χ4v) is 4.80. The Morgan fingerprint density at radius 2 is 1.89 bits per heavy atom. The Morgan fingerprint density at radius 1 is 1.11 bits per heavy atom. The van der Waals surface area contributed by atoms with Gasteiger partial charge in [0.1, 0.15) is 11.6 Å². The van der Waals surface area contributed by atoms with Crippen LogP contribution in [0.3, 0.4) is 0 Å². The number of hydrogen-bond donors (Lipinski definition) is 1. The topological polar surface area (TPSA) is 69.0 Å². The molecule has 1 aliphatic rings. The van der Waals surface area contributed by atoms with E-state index in [1.807, 2.05) is 43.3 Å². The van der Waals surface area contributed by atoms with Gasteiger partial charge in [0.25, 0.3) is 0 Å². The first-order valence-corrected chi connectivity index (χ1v) is 13.9. The zero-order valence-corrected chi connectivity index (χ0v) is 23.0. The van der Waals surface area contributed by atoms with Crippen molar-refractivity contribution in [2.45, 2.75) is 84.3 Å². The Bertz CT molecular complexity index is 1160. The van der Waals surface area contributed by atoms with Gasteiger partial charge in [0.15, 0.2) is 0 Å². The van der Waals surface area contributed by atoms with Crippen molar-refractivity contribution in [1.29, 1.82) is 0 Å². The molecule has 1 aromatic heterocycles. The van der Waals surface area contributed by atoms with E-state index in [0.29, 0.717) is 36.6 Å². The molecule has 0 radical (unpaired) electrons. The first-order valence-electron chi connectivity index (χ1n) is 13.5. The molecule has 1 aliphatic carbocycles. The minimum atomic E-state index is -0.0327. The molecule has 0 saturated heterocycles. The molecule has 1 N–H and O–H groups in total. The highest BCUT2D eigenvalue weighted by molar-refractivity contribution is 6.31. The van der Waals surface area contributed by atoms with Gasteiger partial charge in [0.2, 0.25) is 5.91 Å². The number of rotatable bonds is 14. The first kappa shape index (κ1) is 27.3. The molecule has 1 atom stereocenters. The van der Waals surface area contributed by atoms with E-state index in [2.05, 4.69) is 46.1 Å². The van der Waals surface area contributed by atoms with Crippen molar-refractivity contribution in [3.05, 3.63) is 76.3 Å². The average molecular weight is 523 g/mol. The lowest BCUT2D eigenvalue weighted by Crippen LogP contribution is -2.20. The van der Waals surface area contributed by atoms with E-state index in [9.17, 15) is 4.79 Å². The molecule has 6 nitrogen and oxygen atoms in total. The number of ether oxygens (including phenoxy) is 1. The van der Waals surface area contributed by atoms with Gasteiger partial charge in [-0.25, -0.2) is 0 Å². The zero-order valence-electron chi connectivity index (χ0n) is 22.3. The Balaban J connectivity index is 1.45. The van der Waals surface area contributed by atoms with Crippen molar-refractivity contribution in [1.82, 2.24) is 14.8 Å². The summed E-state index contributed by atoms with van der Waals surface area (Å²) >= 11 is 6.27. The maximum Gasteiger partial charge on any atom is 0.225 e. The number of aromatic nitrogens is 3. The number of carbonyl (C=O) groups excluding carboxylic acids is 1. The van der Waals surface area contributed by atoms with Crippen LogP contribution < -0.4 is 5.32 Å². The molecule has 2 aromatic carbocycles. The van der Waals surface area contributed by atoms with Crippen molar-refractivity contribution in [3.8, 4) is 0 Å². The molecule has 1 amide bonds. The molecule has 1 saturated carbocycles. The molecule has 3 aromatic rings. The number of carbonyl (C=O) groups is 1. The lowest BCUT2D eigenvalue weighted by molar-refractivity contribution is -0.116. The SMILES string of the molecule is Cc1c(Cl)cccc1NC(=O)CC(CCCOCc1ccccc1)c1nnc(CCC(C)C)n1C1CC1. The van der Waals surface area contributed by atoms with E-state index in [0.717, 1.165) is 61.4 Å². The average Bonchev–Trinajstić information content (AvgIpc) is 3.63. The van der Waals surface area contributed by atoms with E-state index in [4.69, 9.17) is 16.3 Å². The number of nitrogens with one attached hydrogen (secondary N) is 1. The fourth-order valence-electron chi connectivity index (χ4n) is 4.62. The van der Waals surface area contributed by atoms with Crippen LogP contribution in [0.25, 0.3) is 0 Å². The number of anilines is 1. The molecule has 1 heterocycles. The van der Waals surface area contributed by atoms with Crippen LogP contribution >= 0.6 is 11.6 Å². The van der Waals surface area contributed by atoms with Crippen LogP contribution in [0.15, 0.2) is 48.5 Å². The summed E-state index contributed by atoms with van der Waals surface area (Å²) in [6.45, 7) is 7.62. The predicted octanol–water partition coefficient (Wildman–Crippen LogP) is 7.27. The maximum absolute atomic E-state index is 13.2. The molecule has 198 valence electrons. The lowest BCUT2D eigenvalue weighted by atomic mass is 9.97. The summed E-state index contributed by atoms with van der Waals surface area (Å²) in [4.78, 5) is 13.2. The standard InChI is InChI=1S/C30H39ClN4O2/c1-21(2)14-17-28-33-34-30(35(28)25-15-16-25)24(11-8-18-37-20-23-9-5-4-6-10-23)19-29(36)32-27-13-7-12-26(31)22(27)3/h4-7,9-10,12-13,21,24-25H,8,11,14-20H2,1-3H3,(H,32,36). The van der Waals surface area contributed by atoms with Gasteiger partial charge in [-0.3, -0.25) is 4.79 Å². The number of halogens is 1. The van der Waals surface area contributed by atoms with Gasteiger partial charge in [0.05, 0.1) is 6.61 Å². The van der Waals surface area contributed by atoms with E-state index < -0.39 is 0 Å². The normalized spacial score (nSPS) is 14.2. The second-order valence-electron chi connectivity index (χ2n) is 10.6. The number of amides is 1. The van der Waals surface area contributed by atoms with Crippen molar-refractivity contribution < 1.29 is 9.53 Å². The van der Waals surface area contributed by atoms with Crippen molar-refractivity contribution in [3.63, 3.8) is 0 Å². The first-order chi connectivity index (χ1) is 17.9. The summed E-state index contributed by atoms with van der Waals surface area (Å²) in [5.41, 5.74) is 2.79. The summed E-state index contributed by atoms with van der Waals surface area (Å²) in [7, 11) is 0. The van der Waals surface area contributed by atoms with Crippen LogP contribution in [-0.4, -0.2) is 27.3 Å². The van der Waals surface area contributed by atoms with Gasteiger partial charge in [-0.1, -0.05) is 61.8 Å².